The molecule has 1 aliphatic rings. The van der Waals surface area contributed by atoms with Gasteiger partial charge in [0.1, 0.15) is 0 Å². The van der Waals surface area contributed by atoms with Crippen molar-refractivity contribution in [2.24, 2.45) is 5.11 Å². The van der Waals surface area contributed by atoms with Crippen molar-refractivity contribution in [2.75, 3.05) is 6.54 Å². The fourth-order valence-electron chi connectivity index (χ4n) is 1.28. The molecule has 0 atom stereocenters. The molecule has 0 fully saturated rings. The second-order valence-corrected chi connectivity index (χ2v) is 2.75. The Hall–Kier alpha value is -1.28. The normalized spacial score (nSPS) is 15.7. The van der Waals surface area contributed by atoms with Gasteiger partial charge in [-0.3, -0.25) is 4.79 Å². The average Bonchev–Trinajstić information content (AvgIpc) is 2.46. The summed E-state index contributed by atoms with van der Waals surface area (Å²) in [4.78, 5) is 13.7. The Morgan fingerprint density at radius 1 is 1.67 bits per heavy atom. The van der Waals surface area contributed by atoms with E-state index in [1.54, 1.807) is 0 Å². The van der Waals surface area contributed by atoms with Crippen LogP contribution in [-0.2, 0) is 4.79 Å². The van der Waals surface area contributed by atoms with Crippen LogP contribution in [0.4, 0.5) is 0 Å². The largest absolute Gasteiger partial charge is 0.295 e. The summed E-state index contributed by atoms with van der Waals surface area (Å²) >= 11 is 0. The molecule has 0 bridgehead atoms. The Balaban J connectivity index is 2.23. The molecule has 0 aromatic heterocycles. The third-order valence-corrected chi connectivity index (χ3v) is 1.89. The lowest BCUT2D eigenvalue weighted by atomic mass is 10.1. The first-order valence-corrected chi connectivity index (χ1v) is 4.07. The Morgan fingerprint density at radius 2 is 2.50 bits per heavy atom. The van der Waals surface area contributed by atoms with Gasteiger partial charge in [0.2, 0.25) is 0 Å². The number of hydrogen-bond acceptors (Lipinski definition) is 2. The van der Waals surface area contributed by atoms with Gasteiger partial charge in [-0.15, -0.1) is 0 Å². The van der Waals surface area contributed by atoms with Crippen molar-refractivity contribution in [1.29, 1.82) is 0 Å². The Kier molecular flexibility index (Phi) is 3.35. The lowest BCUT2D eigenvalue weighted by Crippen LogP contribution is -1.96. The maximum absolute atomic E-state index is 11.1. The van der Waals surface area contributed by atoms with E-state index in [2.05, 4.69) is 10.0 Å². The number of hydrogen-bond donors (Lipinski definition) is 0. The Bertz CT molecular complexity index is 251. The third-order valence-electron chi connectivity index (χ3n) is 1.89. The summed E-state index contributed by atoms with van der Waals surface area (Å²) in [6.45, 7) is 0.487. The number of rotatable bonds is 4. The molecule has 0 saturated carbocycles. The molecule has 0 aromatic rings. The SMILES string of the molecule is [N-]=[N+]=NCCCC1=CCCC1=O. The highest BCUT2D eigenvalue weighted by molar-refractivity contribution is 5.97. The summed E-state index contributed by atoms with van der Waals surface area (Å²) in [5.74, 6) is 0.260. The van der Waals surface area contributed by atoms with Gasteiger partial charge in [0.15, 0.2) is 5.78 Å². The zero-order chi connectivity index (χ0) is 8.81. The maximum atomic E-state index is 11.1. The Labute approximate surface area is 70.9 Å². The van der Waals surface area contributed by atoms with E-state index < -0.39 is 0 Å². The fraction of sp³-hybridized carbons (Fsp3) is 0.625. The summed E-state index contributed by atoms with van der Waals surface area (Å²) < 4.78 is 0. The van der Waals surface area contributed by atoms with Crippen LogP contribution >= 0.6 is 0 Å². The first-order chi connectivity index (χ1) is 5.84. The summed E-state index contributed by atoms with van der Waals surface area (Å²) in [7, 11) is 0. The summed E-state index contributed by atoms with van der Waals surface area (Å²) in [5.41, 5.74) is 8.91. The summed E-state index contributed by atoms with van der Waals surface area (Å²) in [6, 6.07) is 0. The van der Waals surface area contributed by atoms with E-state index >= 15 is 0 Å². The molecule has 0 N–H and O–H groups in total. The van der Waals surface area contributed by atoms with E-state index in [9.17, 15) is 4.79 Å². The molecule has 0 aromatic carbocycles. The number of carbonyl (C=O) groups is 1. The van der Waals surface area contributed by atoms with Crippen molar-refractivity contribution in [3.05, 3.63) is 22.1 Å². The number of allylic oxidation sites excluding steroid dienone is 2. The van der Waals surface area contributed by atoms with Crippen molar-refractivity contribution < 1.29 is 4.79 Å². The molecule has 64 valence electrons. The molecular formula is C8H11N3O. The van der Waals surface area contributed by atoms with Crippen molar-refractivity contribution >= 4 is 5.78 Å². The standard InChI is InChI=1S/C8H11N3O/c9-11-10-6-2-4-7-3-1-5-8(7)12/h3H,1-2,4-6H2. The summed E-state index contributed by atoms with van der Waals surface area (Å²) in [5, 5.41) is 3.40. The highest BCUT2D eigenvalue weighted by atomic mass is 16.1. The van der Waals surface area contributed by atoms with Crippen LogP contribution in [0.3, 0.4) is 0 Å². The van der Waals surface area contributed by atoms with Crippen LogP contribution in [0.5, 0.6) is 0 Å². The van der Waals surface area contributed by atoms with Gasteiger partial charge in [0, 0.05) is 17.9 Å². The molecule has 0 unspecified atom stereocenters. The molecule has 0 amide bonds. The van der Waals surface area contributed by atoms with Crippen LogP contribution in [0.15, 0.2) is 16.8 Å². The smallest absolute Gasteiger partial charge is 0.158 e. The van der Waals surface area contributed by atoms with E-state index in [4.69, 9.17) is 5.53 Å². The minimum absolute atomic E-state index is 0.260. The molecule has 12 heavy (non-hydrogen) atoms. The fourth-order valence-corrected chi connectivity index (χ4v) is 1.28. The van der Waals surface area contributed by atoms with Crippen LogP contribution in [-0.4, -0.2) is 12.3 Å². The second-order valence-electron chi connectivity index (χ2n) is 2.75. The third kappa shape index (κ3) is 2.40. The first kappa shape index (κ1) is 8.81. The molecule has 0 heterocycles. The number of Topliss-reactive ketones (excluding diaryl/α,β-unsaturated/α-hetero) is 1. The van der Waals surface area contributed by atoms with Crippen molar-refractivity contribution in [3.8, 4) is 0 Å². The lowest BCUT2D eigenvalue weighted by molar-refractivity contribution is -0.115. The zero-order valence-corrected chi connectivity index (χ0v) is 6.86. The van der Waals surface area contributed by atoms with Gasteiger partial charge in [0.05, 0.1) is 0 Å². The molecule has 0 saturated heterocycles. The van der Waals surface area contributed by atoms with Crippen LogP contribution in [0.2, 0.25) is 0 Å². The van der Waals surface area contributed by atoms with Crippen LogP contribution < -0.4 is 0 Å². The Morgan fingerprint density at radius 3 is 3.08 bits per heavy atom. The molecular weight excluding hydrogens is 154 g/mol. The van der Waals surface area contributed by atoms with Gasteiger partial charge in [-0.05, 0) is 30.4 Å². The van der Waals surface area contributed by atoms with E-state index in [1.807, 2.05) is 6.08 Å². The average molecular weight is 165 g/mol. The number of carbonyl (C=O) groups excluding carboxylic acids is 1. The van der Waals surface area contributed by atoms with Gasteiger partial charge in [-0.1, -0.05) is 11.2 Å². The molecule has 0 spiro atoms. The molecule has 1 rings (SSSR count). The monoisotopic (exact) mass is 165 g/mol. The molecule has 4 heteroatoms. The van der Waals surface area contributed by atoms with Crippen molar-refractivity contribution in [1.82, 2.24) is 0 Å². The maximum Gasteiger partial charge on any atom is 0.158 e. The predicted molar refractivity (Wildman–Crippen MR) is 45.6 cm³/mol. The summed E-state index contributed by atoms with van der Waals surface area (Å²) in [6.07, 6.45) is 5.07. The van der Waals surface area contributed by atoms with Crippen LogP contribution in [0.1, 0.15) is 25.7 Å². The van der Waals surface area contributed by atoms with Crippen LogP contribution in [0, 0.1) is 0 Å². The highest BCUT2D eigenvalue weighted by Crippen LogP contribution is 2.18. The highest BCUT2D eigenvalue weighted by Gasteiger charge is 2.13. The zero-order valence-electron chi connectivity index (χ0n) is 6.86. The predicted octanol–water partition coefficient (Wildman–Crippen LogP) is 2.37. The van der Waals surface area contributed by atoms with E-state index in [0.29, 0.717) is 13.0 Å². The molecule has 4 nitrogen and oxygen atoms in total. The lowest BCUT2D eigenvalue weighted by Gasteiger charge is -1.96. The molecule has 0 aliphatic heterocycles. The molecule has 0 radical (unpaired) electrons. The van der Waals surface area contributed by atoms with E-state index in [0.717, 1.165) is 24.8 Å². The second kappa shape index (κ2) is 4.57. The van der Waals surface area contributed by atoms with E-state index in [-0.39, 0.29) is 5.78 Å². The van der Waals surface area contributed by atoms with Gasteiger partial charge in [-0.2, -0.15) is 0 Å². The van der Waals surface area contributed by atoms with Crippen molar-refractivity contribution in [3.63, 3.8) is 0 Å². The van der Waals surface area contributed by atoms with Gasteiger partial charge in [-0.25, -0.2) is 0 Å². The quantitative estimate of drug-likeness (QED) is 0.273. The first-order valence-electron chi connectivity index (χ1n) is 4.07. The number of azide groups is 1. The molecule has 1 aliphatic carbocycles. The van der Waals surface area contributed by atoms with Gasteiger partial charge >= 0.3 is 0 Å². The van der Waals surface area contributed by atoms with Gasteiger partial charge in [0.25, 0.3) is 0 Å². The number of nitrogens with zero attached hydrogens (tertiary/aromatic N) is 3. The minimum atomic E-state index is 0.260. The van der Waals surface area contributed by atoms with Crippen molar-refractivity contribution in [2.45, 2.75) is 25.7 Å². The topological polar surface area (TPSA) is 65.8 Å². The van der Waals surface area contributed by atoms with Crippen LogP contribution in [0.25, 0.3) is 10.4 Å². The number of ketones is 1. The van der Waals surface area contributed by atoms with E-state index in [1.165, 1.54) is 0 Å². The van der Waals surface area contributed by atoms with Gasteiger partial charge < -0.3 is 0 Å². The minimum Gasteiger partial charge on any atom is -0.295 e.